The quantitative estimate of drug-likeness (QED) is 0.870. The molecule has 2 rings (SSSR count). The lowest BCUT2D eigenvalue weighted by atomic mass is 9.82. The van der Waals surface area contributed by atoms with Crippen LogP contribution in [0.4, 0.5) is 10.1 Å². The molecule has 3 heteroatoms. The Balaban J connectivity index is 2.15. The van der Waals surface area contributed by atoms with Crippen LogP contribution in [0.1, 0.15) is 45.2 Å². The zero-order valence-electron chi connectivity index (χ0n) is 11.5. The molecule has 100 valence electrons. The molecule has 1 atom stereocenters. The van der Waals surface area contributed by atoms with E-state index in [0.29, 0.717) is 5.41 Å². The molecule has 1 aliphatic rings. The Morgan fingerprint density at radius 2 is 1.89 bits per heavy atom. The second-order valence-electron chi connectivity index (χ2n) is 6.15. The number of hydrogen-bond acceptors (Lipinski definition) is 2. The van der Waals surface area contributed by atoms with Crippen LogP contribution in [-0.4, -0.2) is 13.1 Å². The van der Waals surface area contributed by atoms with Gasteiger partial charge in [0.05, 0.1) is 5.69 Å². The van der Waals surface area contributed by atoms with Crippen molar-refractivity contribution in [1.29, 1.82) is 0 Å². The fourth-order valence-electron chi connectivity index (χ4n) is 2.42. The van der Waals surface area contributed by atoms with Gasteiger partial charge in [0.1, 0.15) is 5.82 Å². The molecule has 1 saturated heterocycles. The molecule has 0 aliphatic carbocycles. The van der Waals surface area contributed by atoms with Crippen molar-refractivity contribution in [1.82, 2.24) is 0 Å². The minimum atomic E-state index is -0.149. The molecular formula is C15H23FN2. The molecule has 0 saturated carbocycles. The van der Waals surface area contributed by atoms with Crippen LogP contribution in [0.2, 0.25) is 0 Å². The van der Waals surface area contributed by atoms with Crippen LogP contribution in [0.5, 0.6) is 0 Å². The third-order valence-electron chi connectivity index (χ3n) is 3.96. The minimum absolute atomic E-state index is 0.117. The largest absolute Gasteiger partial charge is 0.369 e. The summed E-state index contributed by atoms with van der Waals surface area (Å²) in [4.78, 5) is 2.14. The second-order valence-corrected chi connectivity index (χ2v) is 6.15. The maximum absolute atomic E-state index is 14.1. The summed E-state index contributed by atoms with van der Waals surface area (Å²) in [5.41, 5.74) is 7.73. The number of hydrogen-bond donors (Lipinski definition) is 1. The summed E-state index contributed by atoms with van der Waals surface area (Å²) < 4.78 is 14.1. The van der Waals surface area contributed by atoms with Crippen LogP contribution in [-0.2, 0) is 0 Å². The standard InChI is InChI=1S/C15H23FN2/c1-11(17)12-4-5-14(13(16)10-12)18-8-6-15(2,3)7-9-18/h4-5,10-11H,6-9,17H2,1-3H3/t11-/m0/s1. The van der Waals surface area contributed by atoms with Crippen molar-refractivity contribution in [3.63, 3.8) is 0 Å². The third kappa shape index (κ3) is 2.83. The van der Waals surface area contributed by atoms with E-state index in [9.17, 15) is 4.39 Å². The molecule has 0 radical (unpaired) electrons. The molecule has 1 aromatic carbocycles. The fourth-order valence-corrected chi connectivity index (χ4v) is 2.42. The lowest BCUT2D eigenvalue weighted by Crippen LogP contribution is -2.37. The molecule has 0 unspecified atom stereocenters. The second kappa shape index (κ2) is 4.88. The van der Waals surface area contributed by atoms with E-state index in [0.717, 1.165) is 37.2 Å². The third-order valence-corrected chi connectivity index (χ3v) is 3.96. The topological polar surface area (TPSA) is 29.3 Å². The molecule has 1 aliphatic heterocycles. The van der Waals surface area contributed by atoms with Gasteiger partial charge in [0, 0.05) is 19.1 Å². The Morgan fingerprint density at radius 3 is 2.39 bits per heavy atom. The Morgan fingerprint density at radius 1 is 1.28 bits per heavy atom. The van der Waals surface area contributed by atoms with Gasteiger partial charge in [-0.05, 0) is 42.9 Å². The monoisotopic (exact) mass is 250 g/mol. The van der Waals surface area contributed by atoms with Crippen LogP contribution >= 0.6 is 0 Å². The maximum Gasteiger partial charge on any atom is 0.146 e. The summed E-state index contributed by atoms with van der Waals surface area (Å²) in [5, 5.41) is 0. The summed E-state index contributed by atoms with van der Waals surface area (Å²) in [6.07, 6.45) is 2.23. The maximum atomic E-state index is 14.1. The van der Waals surface area contributed by atoms with E-state index in [1.165, 1.54) is 0 Å². The van der Waals surface area contributed by atoms with Gasteiger partial charge >= 0.3 is 0 Å². The van der Waals surface area contributed by atoms with Gasteiger partial charge in [0.15, 0.2) is 0 Å². The Hall–Kier alpha value is -1.09. The first-order valence-electron chi connectivity index (χ1n) is 6.69. The van der Waals surface area contributed by atoms with Gasteiger partial charge < -0.3 is 10.6 Å². The predicted octanol–water partition coefficient (Wildman–Crippen LogP) is 3.47. The van der Waals surface area contributed by atoms with E-state index >= 15 is 0 Å². The van der Waals surface area contributed by atoms with Crippen molar-refractivity contribution >= 4 is 5.69 Å². The van der Waals surface area contributed by atoms with Crippen LogP contribution in [0.25, 0.3) is 0 Å². The fraction of sp³-hybridized carbons (Fsp3) is 0.600. The van der Waals surface area contributed by atoms with E-state index in [4.69, 9.17) is 5.73 Å². The van der Waals surface area contributed by atoms with E-state index in [2.05, 4.69) is 18.7 Å². The number of rotatable bonds is 2. The molecular weight excluding hydrogens is 227 g/mol. The number of halogens is 1. The molecule has 0 bridgehead atoms. The van der Waals surface area contributed by atoms with Gasteiger partial charge in [-0.1, -0.05) is 19.9 Å². The van der Waals surface area contributed by atoms with Gasteiger partial charge in [-0.25, -0.2) is 4.39 Å². The van der Waals surface area contributed by atoms with Gasteiger partial charge in [-0.2, -0.15) is 0 Å². The van der Waals surface area contributed by atoms with Gasteiger partial charge in [-0.15, -0.1) is 0 Å². The lowest BCUT2D eigenvalue weighted by molar-refractivity contribution is 0.279. The first-order valence-corrected chi connectivity index (χ1v) is 6.69. The van der Waals surface area contributed by atoms with Crippen LogP contribution in [0.3, 0.4) is 0 Å². The molecule has 1 aromatic rings. The van der Waals surface area contributed by atoms with Crippen LogP contribution in [0.15, 0.2) is 18.2 Å². The van der Waals surface area contributed by atoms with E-state index < -0.39 is 0 Å². The minimum Gasteiger partial charge on any atom is -0.369 e. The van der Waals surface area contributed by atoms with Gasteiger partial charge in [0.25, 0.3) is 0 Å². The van der Waals surface area contributed by atoms with Crippen LogP contribution < -0.4 is 10.6 Å². The first-order chi connectivity index (χ1) is 8.39. The summed E-state index contributed by atoms with van der Waals surface area (Å²) in [5.74, 6) is -0.149. The number of nitrogens with zero attached hydrogens (tertiary/aromatic N) is 1. The number of piperidine rings is 1. The van der Waals surface area contributed by atoms with Crippen molar-refractivity contribution in [3.05, 3.63) is 29.6 Å². The summed E-state index contributed by atoms with van der Waals surface area (Å²) >= 11 is 0. The van der Waals surface area contributed by atoms with Crippen molar-refractivity contribution in [2.24, 2.45) is 11.1 Å². The number of benzene rings is 1. The molecule has 2 N–H and O–H groups in total. The first kappa shape index (κ1) is 13.3. The normalized spacial score (nSPS) is 20.8. The van der Waals surface area contributed by atoms with E-state index in [-0.39, 0.29) is 11.9 Å². The highest BCUT2D eigenvalue weighted by Crippen LogP contribution is 2.33. The average Bonchev–Trinajstić information content (AvgIpc) is 2.29. The molecule has 0 amide bonds. The lowest BCUT2D eigenvalue weighted by Gasteiger charge is -2.38. The average molecular weight is 250 g/mol. The summed E-state index contributed by atoms with van der Waals surface area (Å²) in [7, 11) is 0. The highest BCUT2D eigenvalue weighted by atomic mass is 19.1. The summed E-state index contributed by atoms with van der Waals surface area (Å²) in [6, 6.07) is 5.25. The molecule has 0 aromatic heterocycles. The Bertz CT molecular complexity index is 417. The smallest absolute Gasteiger partial charge is 0.146 e. The molecule has 2 nitrogen and oxygen atoms in total. The van der Waals surface area contributed by atoms with Crippen molar-refractivity contribution in [2.75, 3.05) is 18.0 Å². The molecule has 1 fully saturated rings. The van der Waals surface area contributed by atoms with E-state index in [1.54, 1.807) is 6.07 Å². The SMILES string of the molecule is C[C@H](N)c1ccc(N2CCC(C)(C)CC2)c(F)c1. The predicted molar refractivity (Wildman–Crippen MR) is 74.2 cm³/mol. The number of nitrogens with two attached hydrogens (primary N) is 1. The Labute approximate surface area is 109 Å². The zero-order valence-corrected chi connectivity index (χ0v) is 11.5. The van der Waals surface area contributed by atoms with Gasteiger partial charge in [-0.3, -0.25) is 0 Å². The van der Waals surface area contributed by atoms with E-state index in [1.807, 2.05) is 19.1 Å². The van der Waals surface area contributed by atoms with Crippen LogP contribution in [0, 0.1) is 11.2 Å². The zero-order chi connectivity index (χ0) is 13.3. The Kier molecular flexibility index (Phi) is 3.62. The molecule has 0 spiro atoms. The van der Waals surface area contributed by atoms with Crippen molar-refractivity contribution < 1.29 is 4.39 Å². The van der Waals surface area contributed by atoms with Gasteiger partial charge in [0.2, 0.25) is 0 Å². The molecule has 18 heavy (non-hydrogen) atoms. The highest BCUT2D eigenvalue weighted by molar-refractivity contribution is 5.50. The number of anilines is 1. The summed E-state index contributed by atoms with van der Waals surface area (Å²) in [6.45, 7) is 8.29. The molecule has 1 heterocycles. The van der Waals surface area contributed by atoms with Crippen molar-refractivity contribution in [2.45, 2.75) is 39.7 Å². The van der Waals surface area contributed by atoms with Crippen molar-refractivity contribution in [3.8, 4) is 0 Å². The highest BCUT2D eigenvalue weighted by Gasteiger charge is 2.26.